The van der Waals surface area contributed by atoms with Crippen molar-refractivity contribution in [1.82, 2.24) is 4.90 Å². The molecule has 0 radical (unpaired) electrons. The van der Waals surface area contributed by atoms with Gasteiger partial charge in [0.15, 0.2) is 0 Å². The predicted molar refractivity (Wildman–Crippen MR) is 82.6 cm³/mol. The minimum absolute atomic E-state index is 0.180. The van der Waals surface area contributed by atoms with E-state index in [0.29, 0.717) is 18.8 Å². The summed E-state index contributed by atoms with van der Waals surface area (Å²) < 4.78 is 11.6. The van der Waals surface area contributed by atoms with E-state index in [1.165, 1.54) is 4.88 Å². The quantitative estimate of drug-likeness (QED) is 0.915. The summed E-state index contributed by atoms with van der Waals surface area (Å²) >= 11 is 7.59. The first-order valence-corrected chi connectivity index (χ1v) is 8.19. The van der Waals surface area contributed by atoms with Gasteiger partial charge in [0.2, 0.25) is 0 Å². The summed E-state index contributed by atoms with van der Waals surface area (Å²) in [6.45, 7) is 3.07. The van der Waals surface area contributed by atoms with Gasteiger partial charge in [-0.1, -0.05) is 11.6 Å². The zero-order valence-electron chi connectivity index (χ0n) is 11.6. The van der Waals surface area contributed by atoms with Gasteiger partial charge in [0.05, 0.1) is 23.8 Å². The molecule has 0 aliphatic carbocycles. The van der Waals surface area contributed by atoms with Crippen molar-refractivity contribution in [2.45, 2.75) is 25.1 Å². The molecule has 2 atom stereocenters. The highest BCUT2D eigenvalue weighted by Crippen LogP contribution is 2.27. The summed E-state index contributed by atoms with van der Waals surface area (Å²) in [7, 11) is 0. The number of rotatable bonds is 5. The third kappa shape index (κ3) is 3.87. The monoisotopic (exact) mass is 327 g/mol. The first-order chi connectivity index (χ1) is 10.2. The molecule has 3 heterocycles. The van der Waals surface area contributed by atoms with Gasteiger partial charge in [0.1, 0.15) is 11.9 Å². The lowest BCUT2D eigenvalue weighted by atomic mass is 10.1. The average molecular weight is 328 g/mol. The van der Waals surface area contributed by atoms with Gasteiger partial charge in [0, 0.05) is 24.0 Å². The first kappa shape index (κ1) is 15.1. The van der Waals surface area contributed by atoms with Gasteiger partial charge >= 0.3 is 0 Å². The van der Waals surface area contributed by atoms with Crippen molar-refractivity contribution < 1.29 is 14.3 Å². The molecule has 4 nitrogen and oxygen atoms in total. The molecule has 0 spiro atoms. The van der Waals surface area contributed by atoms with E-state index in [0.717, 1.165) is 24.0 Å². The largest absolute Gasteiger partial charge is 0.467 e. The number of ether oxygens (including phenoxy) is 1. The number of furan rings is 1. The topological polar surface area (TPSA) is 45.8 Å². The third-order valence-electron chi connectivity index (χ3n) is 3.70. The highest BCUT2D eigenvalue weighted by Gasteiger charge is 2.27. The molecule has 0 aromatic carbocycles. The van der Waals surface area contributed by atoms with Crippen LogP contribution in [0.1, 0.15) is 23.2 Å². The summed E-state index contributed by atoms with van der Waals surface area (Å²) in [5.74, 6) is 0.611. The molecule has 1 saturated heterocycles. The number of thiophene rings is 1. The molecular formula is C15H18ClNO3S. The van der Waals surface area contributed by atoms with Crippen LogP contribution in [0.25, 0.3) is 0 Å². The van der Waals surface area contributed by atoms with Gasteiger partial charge in [-0.2, -0.15) is 0 Å². The molecule has 0 amide bonds. The van der Waals surface area contributed by atoms with Gasteiger partial charge < -0.3 is 14.3 Å². The van der Waals surface area contributed by atoms with E-state index >= 15 is 0 Å². The summed E-state index contributed by atoms with van der Waals surface area (Å²) in [6, 6.07) is 7.76. The van der Waals surface area contributed by atoms with Gasteiger partial charge in [-0.25, -0.2) is 0 Å². The minimum atomic E-state index is -0.596. The van der Waals surface area contributed by atoms with E-state index in [-0.39, 0.29) is 6.04 Å². The third-order valence-corrected chi connectivity index (χ3v) is 4.92. The molecule has 1 aliphatic heterocycles. The molecule has 2 aromatic rings. The van der Waals surface area contributed by atoms with E-state index in [4.69, 9.17) is 20.8 Å². The second kappa shape index (κ2) is 6.94. The Hall–Kier alpha value is -0.850. The number of morpholine rings is 1. The lowest BCUT2D eigenvalue weighted by Crippen LogP contribution is -2.45. The molecule has 0 saturated carbocycles. The van der Waals surface area contributed by atoms with E-state index < -0.39 is 6.10 Å². The van der Waals surface area contributed by atoms with Crippen molar-refractivity contribution in [3.63, 3.8) is 0 Å². The summed E-state index contributed by atoms with van der Waals surface area (Å²) in [6.07, 6.45) is 1.59. The SMILES string of the molecule is OC(CC1COCCN1Cc1ccc(Cl)s1)c1ccco1. The van der Waals surface area contributed by atoms with Crippen LogP contribution < -0.4 is 0 Å². The van der Waals surface area contributed by atoms with Crippen molar-refractivity contribution in [3.05, 3.63) is 45.5 Å². The Kier molecular flexibility index (Phi) is 4.98. The number of hydrogen-bond donors (Lipinski definition) is 1. The number of halogens is 1. The lowest BCUT2D eigenvalue weighted by molar-refractivity contribution is -0.0319. The van der Waals surface area contributed by atoms with E-state index in [2.05, 4.69) is 11.0 Å². The number of aliphatic hydroxyl groups is 1. The summed E-state index contributed by atoms with van der Waals surface area (Å²) in [5, 5.41) is 10.3. The van der Waals surface area contributed by atoms with Crippen LogP contribution in [0.3, 0.4) is 0 Å². The molecule has 3 rings (SSSR count). The normalized spacial score (nSPS) is 21.5. The van der Waals surface area contributed by atoms with Crippen LogP contribution in [0.4, 0.5) is 0 Å². The van der Waals surface area contributed by atoms with Crippen molar-refractivity contribution in [1.29, 1.82) is 0 Å². The van der Waals surface area contributed by atoms with Crippen LogP contribution in [0.2, 0.25) is 4.34 Å². The maximum absolute atomic E-state index is 10.3. The molecule has 2 unspecified atom stereocenters. The van der Waals surface area contributed by atoms with Gasteiger partial charge in [-0.05, 0) is 30.7 Å². The lowest BCUT2D eigenvalue weighted by Gasteiger charge is -2.36. The first-order valence-electron chi connectivity index (χ1n) is 7.00. The van der Waals surface area contributed by atoms with E-state index in [1.807, 2.05) is 6.07 Å². The van der Waals surface area contributed by atoms with Crippen LogP contribution in [0.15, 0.2) is 34.9 Å². The van der Waals surface area contributed by atoms with Gasteiger partial charge in [-0.3, -0.25) is 4.90 Å². The van der Waals surface area contributed by atoms with E-state index in [1.54, 1.807) is 29.7 Å². The summed E-state index contributed by atoms with van der Waals surface area (Å²) in [4.78, 5) is 3.58. The average Bonchev–Trinajstić information content (AvgIpc) is 3.13. The molecule has 0 bridgehead atoms. The standard InChI is InChI=1S/C15H18ClNO3S/c16-15-4-3-12(21-15)9-17-5-7-19-10-11(17)8-13(18)14-2-1-6-20-14/h1-4,6,11,13,18H,5,7-10H2. The zero-order chi connectivity index (χ0) is 14.7. The summed E-state index contributed by atoms with van der Waals surface area (Å²) in [5.41, 5.74) is 0. The molecule has 2 aromatic heterocycles. The fourth-order valence-corrected chi connectivity index (χ4v) is 3.72. The molecule has 21 heavy (non-hydrogen) atoms. The van der Waals surface area contributed by atoms with Crippen molar-refractivity contribution in [3.8, 4) is 0 Å². The molecule has 6 heteroatoms. The fourth-order valence-electron chi connectivity index (χ4n) is 2.61. The smallest absolute Gasteiger partial charge is 0.132 e. The molecular weight excluding hydrogens is 310 g/mol. The van der Waals surface area contributed by atoms with Crippen LogP contribution in [-0.2, 0) is 11.3 Å². The van der Waals surface area contributed by atoms with Crippen LogP contribution >= 0.6 is 22.9 Å². The molecule has 114 valence electrons. The van der Waals surface area contributed by atoms with Gasteiger partial charge in [-0.15, -0.1) is 11.3 Å². The fraction of sp³-hybridized carbons (Fsp3) is 0.467. The Bertz CT molecular complexity index is 557. The maximum atomic E-state index is 10.3. The zero-order valence-corrected chi connectivity index (χ0v) is 13.1. The molecule has 1 N–H and O–H groups in total. The second-order valence-corrected chi connectivity index (χ2v) is 6.97. The number of nitrogens with zero attached hydrogens (tertiary/aromatic N) is 1. The highest BCUT2D eigenvalue weighted by atomic mass is 35.5. The molecule has 1 aliphatic rings. The highest BCUT2D eigenvalue weighted by molar-refractivity contribution is 7.16. The molecule has 1 fully saturated rings. The minimum Gasteiger partial charge on any atom is -0.467 e. The second-order valence-electron chi connectivity index (χ2n) is 5.17. The number of aliphatic hydroxyl groups excluding tert-OH is 1. The Balaban J connectivity index is 1.63. The van der Waals surface area contributed by atoms with Crippen LogP contribution in [0.5, 0.6) is 0 Å². The Labute approximate surface area is 132 Å². The van der Waals surface area contributed by atoms with E-state index in [9.17, 15) is 5.11 Å². The Morgan fingerprint density at radius 2 is 2.33 bits per heavy atom. The number of hydrogen-bond acceptors (Lipinski definition) is 5. The Morgan fingerprint density at radius 3 is 3.05 bits per heavy atom. The predicted octanol–water partition coefficient (Wildman–Crippen LogP) is 3.32. The maximum Gasteiger partial charge on any atom is 0.132 e. The van der Waals surface area contributed by atoms with Crippen LogP contribution in [-0.4, -0.2) is 35.8 Å². The van der Waals surface area contributed by atoms with Gasteiger partial charge in [0.25, 0.3) is 0 Å². The van der Waals surface area contributed by atoms with Crippen molar-refractivity contribution in [2.24, 2.45) is 0 Å². The van der Waals surface area contributed by atoms with Crippen LogP contribution in [0, 0.1) is 0 Å². The van der Waals surface area contributed by atoms with Crippen molar-refractivity contribution >= 4 is 22.9 Å². The van der Waals surface area contributed by atoms with Crippen molar-refractivity contribution in [2.75, 3.05) is 19.8 Å². The Morgan fingerprint density at radius 1 is 1.43 bits per heavy atom.